The lowest BCUT2D eigenvalue weighted by atomic mass is 9.99. The molecule has 0 radical (unpaired) electrons. The minimum atomic E-state index is -0.931. The molecular formula is C22H25N5O3S. The van der Waals surface area contributed by atoms with E-state index in [1.165, 1.54) is 0 Å². The first-order valence-corrected chi connectivity index (χ1v) is 11.1. The smallest absolute Gasteiger partial charge is 0.329 e. The maximum atomic E-state index is 10.6. The molecule has 4 heterocycles. The molecule has 9 heteroatoms. The number of carbonyl (C=O) groups is 1. The number of hydrogen-bond donors (Lipinski definition) is 2. The van der Waals surface area contributed by atoms with Crippen LogP contribution in [0.15, 0.2) is 42.7 Å². The Balaban J connectivity index is 1.42. The average molecular weight is 440 g/mol. The molecule has 0 aromatic carbocycles. The second-order valence-corrected chi connectivity index (χ2v) is 8.63. The van der Waals surface area contributed by atoms with Crippen molar-refractivity contribution in [2.75, 3.05) is 36.5 Å². The lowest BCUT2D eigenvalue weighted by Gasteiger charge is -2.32. The highest BCUT2D eigenvalue weighted by Gasteiger charge is 2.23. The molecule has 0 bridgehead atoms. The van der Waals surface area contributed by atoms with Crippen LogP contribution in [0, 0.1) is 12.8 Å². The number of nitrogens with one attached hydrogen (secondary N) is 1. The maximum Gasteiger partial charge on any atom is 0.329 e. The first-order chi connectivity index (χ1) is 15.1. The van der Waals surface area contributed by atoms with Crippen molar-refractivity contribution in [3.63, 3.8) is 0 Å². The van der Waals surface area contributed by atoms with Crippen LogP contribution in [0.25, 0.3) is 10.6 Å². The molecule has 1 saturated heterocycles. The van der Waals surface area contributed by atoms with Gasteiger partial charge in [0.2, 0.25) is 0 Å². The van der Waals surface area contributed by atoms with Crippen LogP contribution >= 0.6 is 11.3 Å². The number of nitrogens with zero attached hydrogens (tertiary/aromatic N) is 4. The summed E-state index contributed by atoms with van der Waals surface area (Å²) in [5.74, 6) is 0.880. The topological polar surface area (TPSA) is 100 Å². The number of rotatable bonds is 8. The normalized spacial score (nSPS) is 16.3. The third kappa shape index (κ3) is 5.77. The number of ether oxygens (including phenoxy) is 1. The van der Waals surface area contributed by atoms with Gasteiger partial charge in [-0.3, -0.25) is 0 Å². The van der Waals surface area contributed by atoms with Gasteiger partial charge in [0.1, 0.15) is 18.2 Å². The SMILES string of the molecule is Cc1ccnc(Nc2cccc(-c3cnc(N4CCCC(COCC(=O)O)C4)s3)n2)c1. The van der Waals surface area contributed by atoms with Crippen molar-refractivity contribution in [3.05, 3.63) is 48.3 Å². The van der Waals surface area contributed by atoms with Gasteiger partial charge in [0.15, 0.2) is 5.13 Å². The molecule has 2 N–H and O–H groups in total. The fourth-order valence-electron chi connectivity index (χ4n) is 3.59. The Labute approximate surface area is 185 Å². The van der Waals surface area contributed by atoms with E-state index in [-0.39, 0.29) is 6.61 Å². The summed E-state index contributed by atoms with van der Waals surface area (Å²) in [6.07, 6.45) is 5.71. The first kappa shape index (κ1) is 21.2. The fourth-order valence-corrected chi connectivity index (χ4v) is 4.52. The number of piperidine rings is 1. The van der Waals surface area contributed by atoms with Crippen molar-refractivity contribution < 1.29 is 14.6 Å². The van der Waals surface area contributed by atoms with Crippen LogP contribution in [0.5, 0.6) is 0 Å². The van der Waals surface area contributed by atoms with E-state index < -0.39 is 5.97 Å². The van der Waals surface area contributed by atoms with Crippen molar-refractivity contribution >= 4 is 34.1 Å². The van der Waals surface area contributed by atoms with E-state index >= 15 is 0 Å². The molecule has 8 nitrogen and oxygen atoms in total. The summed E-state index contributed by atoms with van der Waals surface area (Å²) in [6, 6.07) is 9.80. The molecule has 0 spiro atoms. The van der Waals surface area contributed by atoms with Crippen LogP contribution in [0.2, 0.25) is 0 Å². The minimum Gasteiger partial charge on any atom is -0.480 e. The van der Waals surface area contributed by atoms with Gasteiger partial charge >= 0.3 is 5.97 Å². The monoisotopic (exact) mass is 439 g/mol. The highest BCUT2D eigenvalue weighted by atomic mass is 32.1. The van der Waals surface area contributed by atoms with Crippen molar-refractivity contribution in [1.29, 1.82) is 0 Å². The van der Waals surface area contributed by atoms with Crippen molar-refractivity contribution in [2.45, 2.75) is 19.8 Å². The van der Waals surface area contributed by atoms with Crippen molar-refractivity contribution in [2.24, 2.45) is 5.92 Å². The lowest BCUT2D eigenvalue weighted by Crippen LogP contribution is -2.37. The molecule has 3 aromatic rings. The number of pyridine rings is 2. The van der Waals surface area contributed by atoms with E-state index in [4.69, 9.17) is 14.8 Å². The molecular weight excluding hydrogens is 414 g/mol. The van der Waals surface area contributed by atoms with Gasteiger partial charge in [-0.25, -0.2) is 19.7 Å². The summed E-state index contributed by atoms with van der Waals surface area (Å²) in [5, 5.41) is 13.0. The number of aryl methyl sites for hydroxylation is 1. The Morgan fingerprint density at radius 1 is 1.32 bits per heavy atom. The summed E-state index contributed by atoms with van der Waals surface area (Å²) < 4.78 is 5.30. The molecule has 1 aliphatic rings. The summed E-state index contributed by atoms with van der Waals surface area (Å²) in [4.78, 5) is 27.6. The number of hydrogen-bond acceptors (Lipinski definition) is 8. The van der Waals surface area contributed by atoms with E-state index in [0.717, 1.165) is 58.8 Å². The zero-order chi connectivity index (χ0) is 21.6. The molecule has 1 atom stereocenters. The summed E-state index contributed by atoms with van der Waals surface area (Å²) in [5.41, 5.74) is 1.99. The van der Waals surface area contributed by atoms with Gasteiger partial charge in [0, 0.05) is 25.5 Å². The molecule has 3 aromatic heterocycles. The van der Waals surface area contributed by atoms with Gasteiger partial charge in [0.25, 0.3) is 0 Å². The van der Waals surface area contributed by atoms with Gasteiger partial charge in [0.05, 0.1) is 17.2 Å². The Morgan fingerprint density at radius 2 is 2.23 bits per heavy atom. The lowest BCUT2D eigenvalue weighted by molar-refractivity contribution is -0.142. The van der Waals surface area contributed by atoms with Gasteiger partial charge in [-0.05, 0) is 55.5 Å². The number of aliphatic carboxylic acids is 1. The van der Waals surface area contributed by atoms with Crippen LogP contribution in [0.1, 0.15) is 18.4 Å². The van der Waals surface area contributed by atoms with E-state index in [2.05, 4.69) is 20.2 Å². The number of thiazole rings is 1. The highest BCUT2D eigenvalue weighted by molar-refractivity contribution is 7.18. The van der Waals surface area contributed by atoms with Crippen molar-refractivity contribution in [3.8, 4) is 10.6 Å². The van der Waals surface area contributed by atoms with Gasteiger partial charge in [-0.1, -0.05) is 17.4 Å². The Hall–Kier alpha value is -3.04. The Morgan fingerprint density at radius 3 is 3.06 bits per heavy atom. The third-order valence-electron chi connectivity index (χ3n) is 5.04. The highest BCUT2D eigenvalue weighted by Crippen LogP contribution is 2.33. The van der Waals surface area contributed by atoms with E-state index in [1.807, 2.05) is 43.5 Å². The third-order valence-corrected chi connectivity index (χ3v) is 6.12. The van der Waals surface area contributed by atoms with E-state index in [0.29, 0.717) is 12.5 Å². The van der Waals surface area contributed by atoms with Crippen LogP contribution in [0.4, 0.5) is 16.8 Å². The van der Waals surface area contributed by atoms with Crippen LogP contribution < -0.4 is 10.2 Å². The van der Waals surface area contributed by atoms with Crippen LogP contribution in [-0.4, -0.2) is 52.3 Å². The number of anilines is 3. The fraction of sp³-hybridized carbons (Fsp3) is 0.364. The standard InChI is InChI=1S/C22H25N5O3S/c1-15-7-8-23-20(10-15)26-19-6-2-5-17(25-19)18-11-24-22(31-18)27-9-3-4-16(12-27)13-30-14-21(28)29/h2,5-8,10-11,16H,3-4,9,12-14H2,1H3,(H,28,29)(H,23,25,26). The molecule has 0 saturated carbocycles. The molecule has 162 valence electrons. The van der Waals surface area contributed by atoms with Crippen LogP contribution in [-0.2, 0) is 9.53 Å². The quantitative estimate of drug-likeness (QED) is 0.544. The van der Waals surface area contributed by atoms with Crippen LogP contribution in [0.3, 0.4) is 0 Å². The average Bonchev–Trinajstić information content (AvgIpc) is 3.24. The molecule has 0 amide bonds. The first-order valence-electron chi connectivity index (χ1n) is 10.2. The maximum absolute atomic E-state index is 10.6. The van der Waals surface area contributed by atoms with Crippen molar-refractivity contribution in [1.82, 2.24) is 15.0 Å². The summed E-state index contributed by atoms with van der Waals surface area (Å²) >= 11 is 1.61. The second-order valence-electron chi connectivity index (χ2n) is 7.62. The van der Waals surface area contributed by atoms with E-state index in [1.54, 1.807) is 17.5 Å². The van der Waals surface area contributed by atoms with Gasteiger partial charge in [-0.2, -0.15) is 0 Å². The zero-order valence-corrected chi connectivity index (χ0v) is 18.1. The number of aromatic nitrogens is 3. The minimum absolute atomic E-state index is 0.244. The molecule has 1 fully saturated rings. The van der Waals surface area contributed by atoms with Gasteiger partial charge < -0.3 is 20.1 Å². The predicted molar refractivity (Wildman–Crippen MR) is 121 cm³/mol. The van der Waals surface area contributed by atoms with E-state index in [9.17, 15) is 4.79 Å². The largest absolute Gasteiger partial charge is 0.480 e. The molecule has 0 aliphatic carbocycles. The molecule has 31 heavy (non-hydrogen) atoms. The molecule has 1 aliphatic heterocycles. The zero-order valence-electron chi connectivity index (χ0n) is 17.3. The second kappa shape index (κ2) is 9.84. The summed E-state index contributed by atoms with van der Waals surface area (Å²) in [6.45, 7) is 4.01. The number of carboxylic acids is 1. The predicted octanol–water partition coefficient (Wildman–Crippen LogP) is 3.97. The Kier molecular flexibility index (Phi) is 6.73. The number of carboxylic acid groups (broad SMARTS) is 1. The molecule has 4 rings (SSSR count). The Bertz CT molecular complexity index is 1040. The summed E-state index contributed by atoms with van der Waals surface area (Å²) in [7, 11) is 0. The van der Waals surface area contributed by atoms with Gasteiger partial charge in [-0.15, -0.1) is 0 Å². The molecule has 1 unspecified atom stereocenters.